The fourth-order valence-corrected chi connectivity index (χ4v) is 1.83. The zero-order chi connectivity index (χ0) is 14.1. The van der Waals surface area contributed by atoms with Crippen molar-refractivity contribution in [3.05, 3.63) is 59.9 Å². The van der Waals surface area contributed by atoms with E-state index in [2.05, 4.69) is 11.6 Å². The first-order valence-electron chi connectivity index (χ1n) is 6.28. The van der Waals surface area contributed by atoms with Gasteiger partial charge in [-0.15, -0.1) is 0 Å². The van der Waals surface area contributed by atoms with E-state index >= 15 is 0 Å². The molecule has 0 spiro atoms. The van der Waals surface area contributed by atoms with Crippen LogP contribution in [-0.4, -0.2) is 31.6 Å². The molecule has 0 saturated carbocycles. The van der Waals surface area contributed by atoms with Gasteiger partial charge in [0.15, 0.2) is 0 Å². The quantitative estimate of drug-likeness (QED) is 0.609. The van der Waals surface area contributed by atoms with E-state index in [4.69, 9.17) is 4.74 Å². The molecule has 102 valence electrons. The predicted molar refractivity (Wildman–Crippen MR) is 80.3 cm³/mol. The number of hydrogen-bond acceptors (Lipinski definition) is 3. The maximum absolute atomic E-state index is 10.4. The van der Waals surface area contributed by atoms with E-state index in [1.807, 2.05) is 24.3 Å². The molecule has 1 atom stereocenters. The number of ether oxygens (including phenoxy) is 1. The standard InChI is InChI=1S/C16H21NO2/c1-4-7-14(12-17-2)16(18)13-8-5-6-9-15(19-3)11-10-13/h4,7-12,16,18H,1,5-6H2,2-3H3/b11-10-,13-8+,14-7+,15-9?,17-12-. The normalized spacial score (nSPS) is 22.8. The second-order valence-corrected chi connectivity index (χ2v) is 4.12. The van der Waals surface area contributed by atoms with Crippen molar-refractivity contribution in [2.45, 2.75) is 18.9 Å². The van der Waals surface area contributed by atoms with E-state index < -0.39 is 6.10 Å². The first-order chi connectivity index (χ1) is 9.22. The van der Waals surface area contributed by atoms with Gasteiger partial charge in [0, 0.05) is 18.8 Å². The summed E-state index contributed by atoms with van der Waals surface area (Å²) < 4.78 is 5.22. The van der Waals surface area contributed by atoms with E-state index in [0.29, 0.717) is 0 Å². The fourth-order valence-electron chi connectivity index (χ4n) is 1.83. The topological polar surface area (TPSA) is 41.8 Å². The Labute approximate surface area is 115 Å². The largest absolute Gasteiger partial charge is 0.497 e. The Morgan fingerprint density at radius 2 is 2.16 bits per heavy atom. The fraction of sp³-hybridized carbons (Fsp3) is 0.312. The number of aliphatic hydroxyl groups excluding tert-OH is 1. The first kappa shape index (κ1) is 15.2. The molecule has 0 fully saturated rings. The average molecular weight is 259 g/mol. The molecule has 1 aliphatic carbocycles. The lowest BCUT2D eigenvalue weighted by Gasteiger charge is -2.14. The Morgan fingerprint density at radius 3 is 2.79 bits per heavy atom. The van der Waals surface area contributed by atoms with Crippen molar-refractivity contribution < 1.29 is 9.84 Å². The van der Waals surface area contributed by atoms with Gasteiger partial charge in [-0.2, -0.15) is 0 Å². The van der Waals surface area contributed by atoms with Gasteiger partial charge in [0.2, 0.25) is 0 Å². The molecule has 1 aliphatic rings. The summed E-state index contributed by atoms with van der Waals surface area (Å²) in [5, 5.41) is 10.4. The van der Waals surface area contributed by atoms with Gasteiger partial charge in [0.1, 0.15) is 11.9 Å². The summed E-state index contributed by atoms with van der Waals surface area (Å²) in [6, 6.07) is 0. The van der Waals surface area contributed by atoms with Gasteiger partial charge >= 0.3 is 0 Å². The van der Waals surface area contributed by atoms with Crippen molar-refractivity contribution in [1.82, 2.24) is 0 Å². The molecule has 0 heterocycles. The smallest absolute Gasteiger partial charge is 0.114 e. The van der Waals surface area contributed by atoms with E-state index in [0.717, 1.165) is 29.7 Å². The number of aliphatic hydroxyl groups is 1. The van der Waals surface area contributed by atoms with Crippen LogP contribution in [-0.2, 0) is 4.74 Å². The first-order valence-corrected chi connectivity index (χ1v) is 6.28. The number of nitrogens with zero attached hydrogens (tertiary/aromatic N) is 1. The second kappa shape index (κ2) is 8.27. The van der Waals surface area contributed by atoms with Gasteiger partial charge in [0.05, 0.1) is 7.11 Å². The molecular weight excluding hydrogens is 238 g/mol. The summed E-state index contributed by atoms with van der Waals surface area (Å²) in [6.45, 7) is 3.65. The van der Waals surface area contributed by atoms with Crippen LogP contribution in [0, 0.1) is 0 Å². The van der Waals surface area contributed by atoms with E-state index in [-0.39, 0.29) is 0 Å². The van der Waals surface area contributed by atoms with Gasteiger partial charge < -0.3 is 9.84 Å². The third-order valence-electron chi connectivity index (χ3n) is 2.79. The summed E-state index contributed by atoms with van der Waals surface area (Å²) in [6.07, 6.45) is 13.9. The Kier molecular flexibility index (Phi) is 6.61. The molecule has 0 saturated heterocycles. The number of methoxy groups -OCH3 is 1. The molecule has 3 heteroatoms. The lowest BCUT2D eigenvalue weighted by molar-refractivity contribution is 0.256. The molecule has 1 N–H and O–H groups in total. The Bertz CT molecular complexity index is 453. The predicted octanol–water partition coefficient (Wildman–Crippen LogP) is 2.97. The summed E-state index contributed by atoms with van der Waals surface area (Å²) in [5.41, 5.74) is 1.56. The van der Waals surface area contributed by atoms with Crippen LogP contribution in [0.25, 0.3) is 0 Å². The van der Waals surface area contributed by atoms with Gasteiger partial charge in [0.25, 0.3) is 0 Å². The number of hydrogen-bond donors (Lipinski definition) is 1. The number of allylic oxidation sites excluding steroid dienone is 5. The number of rotatable bonds is 5. The Balaban J connectivity index is 2.97. The number of aliphatic imine (C=N–C) groups is 1. The lowest BCUT2D eigenvalue weighted by Crippen LogP contribution is -2.14. The van der Waals surface area contributed by atoms with Crippen molar-refractivity contribution in [3.63, 3.8) is 0 Å². The molecule has 1 unspecified atom stereocenters. The van der Waals surface area contributed by atoms with Gasteiger partial charge in [-0.3, -0.25) is 4.99 Å². The molecule has 0 aromatic rings. The van der Waals surface area contributed by atoms with Gasteiger partial charge in [-0.25, -0.2) is 0 Å². The summed E-state index contributed by atoms with van der Waals surface area (Å²) >= 11 is 0. The summed E-state index contributed by atoms with van der Waals surface area (Å²) in [7, 11) is 3.32. The molecule has 0 bridgehead atoms. The van der Waals surface area contributed by atoms with Crippen molar-refractivity contribution in [1.29, 1.82) is 0 Å². The van der Waals surface area contributed by atoms with E-state index in [9.17, 15) is 5.11 Å². The van der Waals surface area contributed by atoms with E-state index in [1.165, 1.54) is 0 Å². The molecule has 3 nitrogen and oxygen atoms in total. The van der Waals surface area contributed by atoms with Crippen LogP contribution in [0.4, 0.5) is 0 Å². The summed E-state index contributed by atoms with van der Waals surface area (Å²) in [4.78, 5) is 3.96. The van der Waals surface area contributed by atoms with Crippen molar-refractivity contribution in [3.8, 4) is 0 Å². The van der Waals surface area contributed by atoms with Crippen LogP contribution in [0.1, 0.15) is 12.8 Å². The zero-order valence-corrected chi connectivity index (χ0v) is 11.5. The maximum atomic E-state index is 10.4. The highest BCUT2D eigenvalue weighted by atomic mass is 16.5. The molecule has 19 heavy (non-hydrogen) atoms. The Hall–Kier alpha value is -1.87. The van der Waals surface area contributed by atoms with Crippen LogP contribution in [0.2, 0.25) is 0 Å². The summed E-state index contributed by atoms with van der Waals surface area (Å²) in [5.74, 6) is 0.816. The second-order valence-electron chi connectivity index (χ2n) is 4.12. The molecule has 0 aliphatic heterocycles. The average Bonchev–Trinajstić information content (AvgIpc) is 2.38. The monoisotopic (exact) mass is 259 g/mol. The van der Waals surface area contributed by atoms with Crippen molar-refractivity contribution >= 4 is 6.21 Å². The SMILES string of the molecule is C=C/C=C(\C=N/C)C(O)C1=C/CCC=C(OC)/C=C\1. The van der Waals surface area contributed by atoms with Crippen LogP contribution >= 0.6 is 0 Å². The van der Waals surface area contributed by atoms with Crippen LogP contribution in [0.5, 0.6) is 0 Å². The molecule has 0 aromatic heterocycles. The maximum Gasteiger partial charge on any atom is 0.114 e. The highest BCUT2D eigenvalue weighted by Gasteiger charge is 2.13. The van der Waals surface area contributed by atoms with Crippen molar-refractivity contribution in [2.75, 3.05) is 14.2 Å². The minimum absolute atomic E-state index is 0.700. The van der Waals surface area contributed by atoms with Crippen LogP contribution in [0.3, 0.4) is 0 Å². The van der Waals surface area contributed by atoms with Crippen LogP contribution < -0.4 is 0 Å². The van der Waals surface area contributed by atoms with Crippen LogP contribution in [0.15, 0.2) is 64.9 Å². The molecule has 0 radical (unpaired) electrons. The molecular formula is C16H21NO2. The molecule has 0 amide bonds. The Morgan fingerprint density at radius 1 is 1.42 bits per heavy atom. The third-order valence-corrected chi connectivity index (χ3v) is 2.79. The lowest BCUT2D eigenvalue weighted by atomic mass is 9.98. The van der Waals surface area contributed by atoms with Gasteiger partial charge in [-0.1, -0.05) is 30.9 Å². The van der Waals surface area contributed by atoms with E-state index in [1.54, 1.807) is 32.5 Å². The molecule has 1 rings (SSSR count). The van der Waals surface area contributed by atoms with Gasteiger partial charge in [-0.05, 0) is 30.6 Å². The highest BCUT2D eigenvalue weighted by molar-refractivity contribution is 5.81. The minimum Gasteiger partial charge on any atom is -0.497 e. The van der Waals surface area contributed by atoms with Crippen molar-refractivity contribution in [2.24, 2.45) is 4.99 Å². The minimum atomic E-state index is -0.700. The third kappa shape index (κ3) is 4.72. The highest BCUT2D eigenvalue weighted by Crippen LogP contribution is 2.18. The zero-order valence-electron chi connectivity index (χ0n) is 11.5. The molecule has 0 aromatic carbocycles.